The summed E-state index contributed by atoms with van der Waals surface area (Å²) in [6.45, 7) is 3.22. The molecule has 0 spiro atoms. The van der Waals surface area contributed by atoms with Gasteiger partial charge in [0.2, 0.25) is 0 Å². The van der Waals surface area contributed by atoms with Crippen LogP contribution >= 0.6 is 15.9 Å². The van der Waals surface area contributed by atoms with Crippen LogP contribution in [0.3, 0.4) is 0 Å². The van der Waals surface area contributed by atoms with Crippen molar-refractivity contribution in [3.63, 3.8) is 0 Å². The zero-order valence-corrected chi connectivity index (χ0v) is 13.2. The molecule has 0 amide bonds. The predicted molar refractivity (Wildman–Crippen MR) is 81.5 cm³/mol. The first-order chi connectivity index (χ1) is 9.10. The monoisotopic (exact) mass is 320 g/mol. The van der Waals surface area contributed by atoms with Crippen LogP contribution in [-0.4, -0.2) is 18.0 Å². The van der Waals surface area contributed by atoms with E-state index in [0.717, 1.165) is 29.8 Å². The average molecular weight is 321 g/mol. The molecule has 0 bridgehead atoms. The molecule has 3 atom stereocenters. The van der Waals surface area contributed by atoms with Gasteiger partial charge in [0.25, 0.3) is 0 Å². The van der Waals surface area contributed by atoms with Gasteiger partial charge in [-0.2, -0.15) is 5.26 Å². The van der Waals surface area contributed by atoms with E-state index >= 15 is 0 Å². The van der Waals surface area contributed by atoms with E-state index in [0.29, 0.717) is 6.04 Å². The molecule has 19 heavy (non-hydrogen) atoms. The van der Waals surface area contributed by atoms with Gasteiger partial charge in [0.05, 0.1) is 12.0 Å². The van der Waals surface area contributed by atoms with Gasteiger partial charge in [-0.05, 0) is 49.9 Å². The molecular weight excluding hydrogens is 300 g/mol. The van der Waals surface area contributed by atoms with Crippen molar-refractivity contribution in [1.29, 1.82) is 5.26 Å². The summed E-state index contributed by atoms with van der Waals surface area (Å²) in [5.41, 5.74) is 1.31. The van der Waals surface area contributed by atoms with E-state index in [9.17, 15) is 5.26 Å². The van der Waals surface area contributed by atoms with Crippen molar-refractivity contribution in [2.75, 3.05) is 7.05 Å². The quantitative estimate of drug-likeness (QED) is 0.834. The summed E-state index contributed by atoms with van der Waals surface area (Å²) in [6.07, 6.45) is 3.39. The number of hydrogen-bond acceptors (Lipinski definition) is 2. The van der Waals surface area contributed by atoms with E-state index < -0.39 is 0 Å². The largest absolute Gasteiger partial charge is 0.298 e. The fourth-order valence-corrected chi connectivity index (χ4v) is 3.25. The highest BCUT2D eigenvalue weighted by Gasteiger charge is 2.31. The summed E-state index contributed by atoms with van der Waals surface area (Å²) in [7, 11) is 2.15. The Kier molecular flexibility index (Phi) is 5.01. The molecule has 1 aliphatic carbocycles. The van der Waals surface area contributed by atoms with Crippen LogP contribution in [0.4, 0.5) is 0 Å². The SMILES string of the molecule is CC1CCC(C#N)C(N(C)Cc2ccc(Br)cc2)C1. The summed E-state index contributed by atoms with van der Waals surface area (Å²) in [5, 5.41) is 9.32. The highest BCUT2D eigenvalue weighted by atomic mass is 79.9. The maximum atomic E-state index is 9.32. The number of halogens is 1. The lowest BCUT2D eigenvalue weighted by molar-refractivity contribution is 0.125. The first-order valence-corrected chi connectivity index (χ1v) is 7.73. The molecule has 0 radical (unpaired) electrons. The van der Waals surface area contributed by atoms with Gasteiger partial charge in [-0.3, -0.25) is 4.90 Å². The average Bonchev–Trinajstić information content (AvgIpc) is 2.41. The molecule has 0 aromatic heterocycles. The second kappa shape index (κ2) is 6.54. The molecule has 2 nitrogen and oxygen atoms in total. The van der Waals surface area contributed by atoms with E-state index in [4.69, 9.17) is 0 Å². The third kappa shape index (κ3) is 3.81. The van der Waals surface area contributed by atoms with Crippen LogP contribution in [0.5, 0.6) is 0 Å². The maximum Gasteiger partial charge on any atom is 0.0672 e. The Morgan fingerprint density at radius 1 is 1.32 bits per heavy atom. The standard InChI is InChI=1S/C16H21BrN2/c1-12-3-6-14(10-18)16(9-12)19(2)11-13-4-7-15(17)8-5-13/h4-5,7-8,12,14,16H,3,6,9,11H2,1-2H3. The molecule has 2 rings (SSSR count). The molecule has 1 aromatic carbocycles. The van der Waals surface area contributed by atoms with Crippen LogP contribution in [0.1, 0.15) is 31.7 Å². The molecule has 0 heterocycles. The van der Waals surface area contributed by atoms with Gasteiger partial charge in [0.15, 0.2) is 0 Å². The van der Waals surface area contributed by atoms with Crippen molar-refractivity contribution in [3.8, 4) is 6.07 Å². The van der Waals surface area contributed by atoms with Crippen LogP contribution in [0, 0.1) is 23.2 Å². The van der Waals surface area contributed by atoms with Gasteiger partial charge >= 0.3 is 0 Å². The van der Waals surface area contributed by atoms with Crippen molar-refractivity contribution in [3.05, 3.63) is 34.3 Å². The highest BCUT2D eigenvalue weighted by molar-refractivity contribution is 9.10. The third-order valence-corrected chi connectivity index (χ3v) is 4.68. The Morgan fingerprint density at radius 3 is 2.63 bits per heavy atom. The van der Waals surface area contributed by atoms with Crippen LogP contribution in [0.15, 0.2) is 28.7 Å². The molecule has 102 valence electrons. The minimum atomic E-state index is 0.191. The highest BCUT2D eigenvalue weighted by Crippen LogP contribution is 2.32. The lowest BCUT2D eigenvalue weighted by atomic mass is 9.79. The van der Waals surface area contributed by atoms with Gasteiger partial charge in [-0.25, -0.2) is 0 Å². The molecule has 3 heteroatoms. The fourth-order valence-electron chi connectivity index (χ4n) is 2.98. The van der Waals surface area contributed by atoms with Crippen LogP contribution in [0.25, 0.3) is 0 Å². The fraction of sp³-hybridized carbons (Fsp3) is 0.562. The molecule has 1 aliphatic rings. The van der Waals surface area contributed by atoms with Gasteiger partial charge in [0.1, 0.15) is 0 Å². The van der Waals surface area contributed by atoms with Gasteiger partial charge in [-0.1, -0.05) is 35.0 Å². The molecule has 1 aromatic rings. The number of benzene rings is 1. The van der Waals surface area contributed by atoms with Crippen molar-refractivity contribution in [1.82, 2.24) is 4.90 Å². The van der Waals surface area contributed by atoms with Crippen LogP contribution in [0.2, 0.25) is 0 Å². The minimum absolute atomic E-state index is 0.191. The van der Waals surface area contributed by atoms with Crippen LogP contribution in [-0.2, 0) is 6.54 Å². The lowest BCUT2D eigenvalue weighted by Gasteiger charge is -2.37. The Morgan fingerprint density at radius 2 is 2.00 bits per heavy atom. The second-order valence-corrected chi connectivity index (χ2v) is 6.68. The summed E-state index contributed by atoms with van der Waals surface area (Å²) >= 11 is 3.46. The van der Waals surface area contributed by atoms with E-state index in [1.54, 1.807) is 0 Å². The van der Waals surface area contributed by atoms with Crippen molar-refractivity contribution in [2.24, 2.45) is 11.8 Å². The van der Waals surface area contributed by atoms with Crippen molar-refractivity contribution in [2.45, 2.75) is 38.8 Å². The summed E-state index contributed by atoms with van der Waals surface area (Å²) in [6, 6.07) is 11.4. The first-order valence-electron chi connectivity index (χ1n) is 6.94. The topological polar surface area (TPSA) is 27.0 Å². The normalized spacial score (nSPS) is 27.2. The molecule has 3 unspecified atom stereocenters. The lowest BCUT2D eigenvalue weighted by Crippen LogP contribution is -2.41. The molecule has 0 saturated heterocycles. The second-order valence-electron chi connectivity index (χ2n) is 5.76. The summed E-state index contributed by atoms with van der Waals surface area (Å²) < 4.78 is 1.11. The Hall–Kier alpha value is -0.850. The zero-order chi connectivity index (χ0) is 13.8. The van der Waals surface area contributed by atoms with E-state index in [-0.39, 0.29) is 5.92 Å². The number of nitrogens with zero attached hydrogens (tertiary/aromatic N) is 2. The van der Waals surface area contributed by atoms with E-state index in [2.05, 4.69) is 65.1 Å². The van der Waals surface area contributed by atoms with E-state index in [1.807, 2.05) is 0 Å². The Balaban J connectivity index is 2.03. The Labute approximate surface area is 124 Å². The molecular formula is C16H21BrN2. The molecule has 0 aliphatic heterocycles. The number of hydrogen-bond donors (Lipinski definition) is 0. The summed E-state index contributed by atoms with van der Waals surface area (Å²) in [4.78, 5) is 2.35. The maximum absolute atomic E-state index is 9.32. The van der Waals surface area contributed by atoms with Gasteiger partial charge in [0, 0.05) is 17.1 Å². The predicted octanol–water partition coefficient (Wildman–Crippen LogP) is 4.21. The van der Waals surface area contributed by atoms with Gasteiger partial charge < -0.3 is 0 Å². The van der Waals surface area contributed by atoms with Crippen molar-refractivity contribution < 1.29 is 0 Å². The Bertz CT molecular complexity index is 449. The zero-order valence-electron chi connectivity index (χ0n) is 11.6. The minimum Gasteiger partial charge on any atom is -0.298 e. The van der Waals surface area contributed by atoms with Crippen molar-refractivity contribution >= 4 is 15.9 Å². The first kappa shape index (κ1) is 14.6. The number of rotatable bonds is 3. The number of nitriles is 1. The molecule has 0 N–H and O–H groups in total. The van der Waals surface area contributed by atoms with E-state index in [1.165, 1.54) is 12.0 Å². The van der Waals surface area contributed by atoms with Crippen LogP contribution < -0.4 is 0 Å². The van der Waals surface area contributed by atoms with Gasteiger partial charge in [-0.15, -0.1) is 0 Å². The molecule has 1 fully saturated rings. The summed E-state index contributed by atoms with van der Waals surface area (Å²) in [5.74, 6) is 0.929. The third-order valence-electron chi connectivity index (χ3n) is 4.16. The molecule has 1 saturated carbocycles. The smallest absolute Gasteiger partial charge is 0.0672 e.